The quantitative estimate of drug-likeness (QED) is 0.0731. The Kier molecular flexibility index (Phi) is 19.1. The molecule has 0 bridgehead atoms. The molecule has 3 amide bonds. The molecule has 0 aromatic carbocycles. The number of carbonyl (C=O) groups excluding carboxylic acids is 3. The molecule has 3 N–H and O–H groups in total. The van der Waals surface area contributed by atoms with E-state index >= 15 is 0 Å². The Hall–Kier alpha value is -1.30. The molecule has 0 aliphatic carbocycles. The Labute approximate surface area is 232 Å². The minimum Gasteiger partial charge on any atom is -0.379 e. The molecule has 0 aliphatic rings. The molecule has 0 fully saturated rings. The fourth-order valence-electron chi connectivity index (χ4n) is 2.15. The predicted molar refractivity (Wildman–Crippen MR) is 146 cm³/mol. The lowest BCUT2D eigenvalue weighted by Gasteiger charge is -2.22. The molecule has 0 saturated carbocycles. The van der Waals surface area contributed by atoms with Gasteiger partial charge in [0.25, 0.3) is 17.7 Å². The second-order valence-electron chi connectivity index (χ2n) is 6.97. The highest BCUT2D eigenvalue weighted by atomic mass is 79.9. The first-order valence-corrected chi connectivity index (χ1v) is 15.4. The van der Waals surface area contributed by atoms with Crippen LogP contribution in [0.25, 0.3) is 0 Å². The zero-order valence-electron chi connectivity index (χ0n) is 20.0. The van der Waals surface area contributed by atoms with Crippen molar-refractivity contribution in [3.05, 3.63) is 32.2 Å². The number of phosphoric ester groups is 1. The minimum absolute atomic E-state index is 0.355. The van der Waals surface area contributed by atoms with Crippen LogP contribution in [0.3, 0.4) is 0 Å². The maximum Gasteiger partial charge on any atom is 0.647 e. The van der Waals surface area contributed by atoms with Crippen LogP contribution in [-0.4, -0.2) is 37.4 Å². The lowest BCUT2D eigenvalue weighted by Crippen LogP contribution is -2.29. The number of carbonyl (C=O) groups is 3. The van der Waals surface area contributed by atoms with E-state index in [1.807, 2.05) is 20.8 Å². The molecule has 0 unspecified atom stereocenters. The minimum atomic E-state index is -4.79. The third-order valence-corrected chi connectivity index (χ3v) is 6.56. The van der Waals surface area contributed by atoms with Crippen molar-refractivity contribution in [1.82, 2.24) is 16.0 Å². The lowest BCUT2D eigenvalue weighted by atomic mass is 10.3. The van der Waals surface area contributed by atoms with E-state index in [0.717, 1.165) is 53.5 Å². The molecule has 35 heavy (non-hydrogen) atoms. The highest BCUT2D eigenvalue weighted by Crippen LogP contribution is 2.55. The number of rotatable bonds is 18. The van der Waals surface area contributed by atoms with Crippen molar-refractivity contribution in [3.8, 4) is 0 Å². The van der Waals surface area contributed by atoms with Gasteiger partial charge in [0.05, 0.1) is 0 Å². The molecule has 0 aromatic rings. The highest BCUT2D eigenvalue weighted by Gasteiger charge is 2.39. The molecule has 10 nitrogen and oxygen atoms in total. The number of hydrogen-bond acceptors (Lipinski definition) is 7. The summed E-state index contributed by atoms with van der Waals surface area (Å²) in [5.41, 5.74) is 0. The van der Waals surface area contributed by atoms with E-state index in [4.69, 9.17) is 13.6 Å². The van der Waals surface area contributed by atoms with E-state index in [9.17, 15) is 18.9 Å². The molecule has 200 valence electrons. The van der Waals surface area contributed by atoms with Gasteiger partial charge >= 0.3 is 7.82 Å². The highest BCUT2D eigenvalue weighted by molar-refractivity contribution is 9.11. The summed E-state index contributed by atoms with van der Waals surface area (Å²) in [5.74, 6) is -3.41. The van der Waals surface area contributed by atoms with Crippen molar-refractivity contribution in [2.24, 2.45) is 0 Å². The Balaban J connectivity index is 5.87. The summed E-state index contributed by atoms with van der Waals surface area (Å²) in [6, 6.07) is 0. The number of amides is 3. The molecule has 0 aromatic heterocycles. The zero-order chi connectivity index (χ0) is 26.7. The molecule has 0 heterocycles. The molecular formula is C21H33Br3N3O7P. The van der Waals surface area contributed by atoms with Crippen molar-refractivity contribution in [1.29, 1.82) is 0 Å². The van der Waals surface area contributed by atoms with Gasteiger partial charge in [0.15, 0.2) is 0 Å². The Bertz CT molecular complexity index is 730. The SMILES string of the molecule is CCCCNC(=O)/C(=C\Br)OP(=O)(O/C(=C/Br)C(=O)NCCCC)O/C(=C/Br)C(=O)NCCCC. The second kappa shape index (κ2) is 19.8. The summed E-state index contributed by atoms with van der Waals surface area (Å²) < 4.78 is 29.6. The third kappa shape index (κ3) is 14.1. The molecule has 0 rings (SSSR count). The van der Waals surface area contributed by atoms with Gasteiger partial charge in [0, 0.05) is 34.6 Å². The molecule has 0 atom stereocenters. The first-order chi connectivity index (χ1) is 16.7. The Morgan fingerprint density at radius 3 is 1.09 bits per heavy atom. The van der Waals surface area contributed by atoms with Crippen molar-refractivity contribution in [2.75, 3.05) is 19.6 Å². The fourth-order valence-corrected chi connectivity index (χ4v) is 4.73. The van der Waals surface area contributed by atoms with Crippen LogP contribution in [0.1, 0.15) is 59.3 Å². The van der Waals surface area contributed by atoms with E-state index in [1.165, 1.54) is 0 Å². The van der Waals surface area contributed by atoms with Crippen LogP contribution >= 0.6 is 55.6 Å². The maximum absolute atomic E-state index is 13.6. The predicted octanol–water partition coefficient (Wildman–Crippen LogP) is 5.60. The first kappa shape index (κ1) is 33.7. The average molecular weight is 710 g/mol. The number of nitrogens with one attached hydrogen (secondary N) is 3. The lowest BCUT2D eigenvalue weighted by molar-refractivity contribution is -0.120. The van der Waals surface area contributed by atoms with Gasteiger partial charge in [0.2, 0.25) is 17.3 Å². The maximum atomic E-state index is 13.6. The van der Waals surface area contributed by atoms with E-state index in [0.29, 0.717) is 19.6 Å². The van der Waals surface area contributed by atoms with Gasteiger partial charge in [-0.05, 0) is 19.3 Å². The normalized spacial score (nSPS) is 12.6. The van der Waals surface area contributed by atoms with Crippen LogP contribution in [0.15, 0.2) is 32.2 Å². The summed E-state index contributed by atoms with van der Waals surface area (Å²) in [7, 11) is -4.79. The van der Waals surface area contributed by atoms with Gasteiger partial charge in [-0.25, -0.2) is 0 Å². The number of phosphoric acid groups is 1. The molecule has 0 radical (unpaired) electrons. The van der Waals surface area contributed by atoms with Crippen LogP contribution in [0.5, 0.6) is 0 Å². The largest absolute Gasteiger partial charge is 0.647 e. The van der Waals surface area contributed by atoms with Crippen LogP contribution in [-0.2, 0) is 32.5 Å². The van der Waals surface area contributed by atoms with E-state index in [2.05, 4.69) is 63.7 Å². The topological polar surface area (TPSA) is 132 Å². The Morgan fingerprint density at radius 2 is 0.886 bits per heavy atom. The third-order valence-electron chi connectivity index (χ3n) is 4.05. The summed E-state index contributed by atoms with van der Waals surface area (Å²) in [6.07, 6.45) is 4.69. The van der Waals surface area contributed by atoms with Crippen LogP contribution in [0.4, 0.5) is 0 Å². The standard InChI is InChI=1S/C21H33Br3N3O7P/c1-4-7-10-25-19(28)16(13-22)32-35(31,33-17(14-23)20(29)26-11-8-5-2)34-18(15-24)21(30)27-12-9-6-3/h13-15H,4-12H2,1-3H3,(H,25,28)(H,26,29)(H,27,30)/b16-13+,17-14+,18-15+. The molecule has 0 spiro atoms. The average Bonchev–Trinajstić information content (AvgIpc) is 2.84. The van der Waals surface area contributed by atoms with Crippen molar-refractivity contribution in [3.63, 3.8) is 0 Å². The second-order valence-corrected chi connectivity index (χ2v) is 9.79. The number of halogens is 3. The van der Waals surface area contributed by atoms with Crippen molar-refractivity contribution < 1.29 is 32.5 Å². The Morgan fingerprint density at radius 1 is 0.629 bits per heavy atom. The zero-order valence-corrected chi connectivity index (χ0v) is 25.7. The van der Waals surface area contributed by atoms with Crippen LogP contribution in [0.2, 0.25) is 0 Å². The van der Waals surface area contributed by atoms with Crippen LogP contribution in [0, 0.1) is 0 Å². The van der Waals surface area contributed by atoms with E-state index < -0.39 is 42.8 Å². The fraction of sp³-hybridized carbons (Fsp3) is 0.571. The van der Waals surface area contributed by atoms with Gasteiger partial charge in [-0.2, -0.15) is 4.57 Å². The summed E-state index contributed by atoms with van der Waals surface area (Å²) >= 11 is 9.00. The number of hydrogen-bond donors (Lipinski definition) is 3. The van der Waals surface area contributed by atoms with Crippen LogP contribution < -0.4 is 16.0 Å². The van der Waals surface area contributed by atoms with Crippen molar-refractivity contribution in [2.45, 2.75) is 59.3 Å². The van der Waals surface area contributed by atoms with Gasteiger partial charge in [0.1, 0.15) is 0 Å². The molecular weight excluding hydrogens is 677 g/mol. The van der Waals surface area contributed by atoms with Gasteiger partial charge in [-0.3, -0.25) is 14.4 Å². The van der Waals surface area contributed by atoms with E-state index in [-0.39, 0.29) is 0 Å². The first-order valence-electron chi connectivity index (χ1n) is 11.2. The monoisotopic (exact) mass is 707 g/mol. The van der Waals surface area contributed by atoms with Gasteiger partial charge < -0.3 is 29.5 Å². The number of unbranched alkanes of at least 4 members (excludes halogenated alkanes) is 3. The molecule has 0 saturated heterocycles. The molecule has 14 heteroatoms. The summed E-state index contributed by atoms with van der Waals surface area (Å²) in [4.78, 5) is 40.7. The van der Waals surface area contributed by atoms with Gasteiger partial charge in [-0.1, -0.05) is 87.8 Å². The summed E-state index contributed by atoms with van der Waals surface area (Å²) in [6.45, 7) is 6.94. The summed E-state index contributed by atoms with van der Waals surface area (Å²) in [5, 5.41) is 7.82. The smallest absolute Gasteiger partial charge is 0.379 e. The van der Waals surface area contributed by atoms with Gasteiger partial charge in [-0.15, -0.1) is 0 Å². The molecule has 0 aliphatic heterocycles. The van der Waals surface area contributed by atoms with E-state index in [1.54, 1.807) is 0 Å². The van der Waals surface area contributed by atoms with Crippen molar-refractivity contribution >= 4 is 73.3 Å².